The fraction of sp³-hybridized carbons (Fsp3) is 0.158. The highest BCUT2D eigenvalue weighted by Crippen LogP contribution is 2.36. The van der Waals surface area contributed by atoms with Gasteiger partial charge in [-0.25, -0.2) is 4.99 Å². The number of amidine groups is 1. The summed E-state index contributed by atoms with van der Waals surface area (Å²) >= 11 is 7.30. The van der Waals surface area contributed by atoms with Crippen molar-refractivity contribution in [1.29, 1.82) is 0 Å². The van der Waals surface area contributed by atoms with E-state index in [-0.39, 0.29) is 11.7 Å². The van der Waals surface area contributed by atoms with E-state index in [1.807, 2.05) is 32.0 Å². The number of aryl methyl sites for hydroxylation is 1. The van der Waals surface area contributed by atoms with E-state index in [9.17, 15) is 9.90 Å². The van der Waals surface area contributed by atoms with Gasteiger partial charge in [-0.15, -0.1) is 0 Å². The summed E-state index contributed by atoms with van der Waals surface area (Å²) in [7, 11) is 0. The van der Waals surface area contributed by atoms with Crippen molar-refractivity contribution in [2.24, 2.45) is 4.99 Å². The van der Waals surface area contributed by atoms with Gasteiger partial charge in [0, 0.05) is 11.6 Å². The molecule has 1 saturated heterocycles. The number of carbonyl (C=O) groups is 1. The van der Waals surface area contributed by atoms with Crippen molar-refractivity contribution in [1.82, 2.24) is 4.90 Å². The number of benzene rings is 2. The lowest BCUT2D eigenvalue weighted by atomic mass is 10.2. The number of amides is 1. The van der Waals surface area contributed by atoms with Crippen molar-refractivity contribution >= 4 is 46.2 Å². The van der Waals surface area contributed by atoms with Gasteiger partial charge in [0.15, 0.2) is 5.17 Å². The van der Waals surface area contributed by atoms with E-state index in [0.29, 0.717) is 27.3 Å². The van der Waals surface area contributed by atoms with Crippen LogP contribution in [0.5, 0.6) is 5.75 Å². The minimum Gasteiger partial charge on any atom is -0.506 e. The molecule has 0 spiro atoms. The van der Waals surface area contributed by atoms with Crippen molar-refractivity contribution in [2.75, 3.05) is 6.54 Å². The topological polar surface area (TPSA) is 52.9 Å². The first-order chi connectivity index (χ1) is 12.0. The Labute approximate surface area is 155 Å². The van der Waals surface area contributed by atoms with E-state index in [0.717, 1.165) is 11.1 Å². The van der Waals surface area contributed by atoms with Crippen LogP contribution in [0.2, 0.25) is 5.02 Å². The highest BCUT2D eigenvalue weighted by atomic mass is 35.5. The Hall–Kier alpha value is -2.24. The third-order valence-corrected chi connectivity index (χ3v) is 4.94. The van der Waals surface area contributed by atoms with Gasteiger partial charge < -0.3 is 5.11 Å². The van der Waals surface area contributed by atoms with Crippen LogP contribution in [-0.2, 0) is 4.79 Å². The lowest BCUT2D eigenvalue weighted by molar-refractivity contribution is -0.122. The number of phenols is 1. The van der Waals surface area contributed by atoms with Crippen LogP contribution in [0.1, 0.15) is 18.1 Å². The van der Waals surface area contributed by atoms with Crippen molar-refractivity contribution in [3.63, 3.8) is 0 Å². The molecule has 2 aromatic carbocycles. The number of aromatic hydroxyl groups is 1. The number of likely N-dealkylation sites (N-methyl/N-ethyl adjacent to an activating group) is 1. The summed E-state index contributed by atoms with van der Waals surface area (Å²) in [6, 6.07) is 12.6. The molecule has 0 bridgehead atoms. The Balaban J connectivity index is 1.96. The summed E-state index contributed by atoms with van der Waals surface area (Å²) in [5, 5.41) is 11.2. The third-order valence-electron chi connectivity index (χ3n) is 3.70. The van der Waals surface area contributed by atoms with Gasteiger partial charge >= 0.3 is 0 Å². The number of phenolic OH excluding ortho intramolecular Hbond substituents is 1. The van der Waals surface area contributed by atoms with E-state index in [2.05, 4.69) is 4.99 Å². The predicted molar refractivity (Wildman–Crippen MR) is 104 cm³/mol. The first kappa shape index (κ1) is 17.6. The Bertz CT molecular complexity index is 893. The molecule has 1 fully saturated rings. The monoisotopic (exact) mass is 372 g/mol. The number of halogens is 1. The Morgan fingerprint density at radius 3 is 2.76 bits per heavy atom. The second-order valence-corrected chi connectivity index (χ2v) is 7.05. The van der Waals surface area contributed by atoms with Gasteiger partial charge in [-0.3, -0.25) is 9.69 Å². The maximum Gasteiger partial charge on any atom is 0.266 e. The minimum atomic E-state index is -0.0992. The van der Waals surface area contributed by atoms with Crippen LogP contribution >= 0.6 is 23.4 Å². The number of aliphatic imine (C=N–C) groups is 1. The molecule has 6 heteroatoms. The van der Waals surface area contributed by atoms with E-state index in [1.165, 1.54) is 11.8 Å². The van der Waals surface area contributed by atoms with Gasteiger partial charge in [0.05, 0.1) is 4.91 Å². The first-order valence-corrected chi connectivity index (χ1v) is 9.02. The van der Waals surface area contributed by atoms with Crippen LogP contribution in [0.25, 0.3) is 6.08 Å². The van der Waals surface area contributed by atoms with Crippen molar-refractivity contribution in [3.8, 4) is 5.75 Å². The van der Waals surface area contributed by atoms with Crippen LogP contribution in [0.3, 0.4) is 0 Å². The number of carbonyl (C=O) groups excluding carboxylic acids is 1. The maximum atomic E-state index is 12.6. The molecule has 25 heavy (non-hydrogen) atoms. The van der Waals surface area contributed by atoms with Crippen molar-refractivity contribution in [2.45, 2.75) is 13.8 Å². The molecule has 0 unspecified atom stereocenters. The molecule has 2 aromatic rings. The number of thioether (sulfide) groups is 1. The molecule has 128 valence electrons. The normalized spacial score (nSPS) is 17.7. The molecule has 0 aliphatic carbocycles. The standard InChI is InChI=1S/C19H17ClN2O2S/c1-3-22-18(24)17(11-13-5-4-6-14(20)10-13)25-19(22)21-15-8-7-12(2)9-16(15)23/h4-11,23H,3H2,1-2H3/b17-11-,21-19?. The van der Waals surface area contributed by atoms with Gasteiger partial charge in [0.25, 0.3) is 5.91 Å². The lowest BCUT2D eigenvalue weighted by Gasteiger charge is -2.12. The molecule has 0 radical (unpaired) electrons. The largest absolute Gasteiger partial charge is 0.506 e. The smallest absolute Gasteiger partial charge is 0.266 e. The zero-order chi connectivity index (χ0) is 18.0. The lowest BCUT2D eigenvalue weighted by Crippen LogP contribution is -2.28. The number of rotatable bonds is 3. The van der Waals surface area contributed by atoms with Crippen LogP contribution in [0.15, 0.2) is 52.4 Å². The van der Waals surface area contributed by atoms with E-state index < -0.39 is 0 Å². The average molecular weight is 373 g/mol. The average Bonchev–Trinajstić information content (AvgIpc) is 2.85. The molecule has 0 saturated carbocycles. The maximum absolute atomic E-state index is 12.6. The summed E-state index contributed by atoms with van der Waals surface area (Å²) < 4.78 is 0. The fourth-order valence-electron chi connectivity index (χ4n) is 2.45. The molecule has 0 atom stereocenters. The summed E-state index contributed by atoms with van der Waals surface area (Å²) in [4.78, 5) is 19.3. The van der Waals surface area contributed by atoms with Gasteiger partial charge in [-0.05, 0) is 67.1 Å². The third kappa shape index (κ3) is 3.89. The molecular formula is C19H17ClN2O2S. The second kappa shape index (κ2) is 7.33. The van der Waals surface area contributed by atoms with Crippen LogP contribution in [0.4, 0.5) is 5.69 Å². The predicted octanol–water partition coefficient (Wildman–Crippen LogP) is 4.98. The quantitative estimate of drug-likeness (QED) is 0.773. The molecule has 1 aliphatic rings. The summed E-state index contributed by atoms with van der Waals surface area (Å²) in [6.07, 6.45) is 1.80. The number of nitrogens with zero attached hydrogens (tertiary/aromatic N) is 2. The van der Waals surface area contributed by atoms with Crippen LogP contribution < -0.4 is 0 Å². The second-order valence-electron chi connectivity index (χ2n) is 5.60. The van der Waals surface area contributed by atoms with Crippen LogP contribution in [-0.4, -0.2) is 27.6 Å². The number of hydrogen-bond donors (Lipinski definition) is 1. The van der Waals surface area contributed by atoms with Crippen LogP contribution in [0, 0.1) is 6.92 Å². The van der Waals surface area contributed by atoms with Gasteiger partial charge in [-0.2, -0.15) is 0 Å². The van der Waals surface area contributed by atoms with E-state index in [1.54, 1.807) is 35.2 Å². The fourth-order valence-corrected chi connectivity index (χ4v) is 3.70. The first-order valence-electron chi connectivity index (χ1n) is 7.83. The molecule has 1 aliphatic heterocycles. The molecule has 3 rings (SSSR count). The van der Waals surface area contributed by atoms with Gasteiger partial charge in [0.2, 0.25) is 0 Å². The summed E-state index contributed by atoms with van der Waals surface area (Å²) in [5.74, 6) is 0.00157. The van der Waals surface area contributed by atoms with Gasteiger partial charge in [-0.1, -0.05) is 29.8 Å². The van der Waals surface area contributed by atoms with Crippen molar-refractivity contribution in [3.05, 3.63) is 63.5 Å². The highest BCUT2D eigenvalue weighted by Gasteiger charge is 2.32. The zero-order valence-electron chi connectivity index (χ0n) is 13.9. The molecule has 1 amide bonds. The van der Waals surface area contributed by atoms with E-state index >= 15 is 0 Å². The minimum absolute atomic E-state index is 0.0992. The Morgan fingerprint density at radius 2 is 2.08 bits per heavy atom. The Morgan fingerprint density at radius 1 is 1.28 bits per heavy atom. The summed E-state index contributed by atoms with van der Waals surface area (Å²) in [6.45, 7) is 4.30. The molecule has 4 nitrogen and oxygen atoms in total. The zero-order valence-corrected chi connectivity index (χ0v) is 15.4. The molecule has 0 aromatic heterocycles. The Kier molecular flexibility index (Phi) is 5.16. The number of hydrogen-bond acceptors (Lipinski definition) is 4. The molecular weight excluding hydrogens is 356 g/mol. The summed E-state index contributed by atoms with van der Waals surface area (Å²) in [5.41, 5.74) is 2.26. The van der Waals surface area contributed by atoms with Crippen molar-refractivity contribution < 1.29 is 9.90 Å². The molecule has 1 heterocycles. The van der Waals surface area contributed by atoms with Gasteiger partial charge in [0.1, 0.15) is 11.4 Å². The SMILES string of the molecule is CCN1C(=O)/C(=C/c2cccc(Cl)c2)SC1=Nc1ccc(C)cc1O. The van der Waals surface area contributed by atoms with E-state index in [4.69, 9.17) is 11.6 Å². The molecule has 1 N–H and O–H groups in total. The highest BCUT2D eigenvalue weighted by molar-refractivity contribution is 8.18.